The van der Waals surface area contributed by atoms with Gasteiger partial charge in [0, 0.05) is 6.07 Å². The van der Waals surface area contributed by atoms with Crippen molar-refractivity contribution in [2.45, 2.75) is 12.8 Å². The maximum Gasteiger partial charge on any atom is 0.310 e. The molecule has 0 spiro atoms. The van der Waals surface area contributed by atoms with Gasteiger partial charge in [-0.3, -0.25) is 19.7 Å². The molecule has 0 bridgehead atoms. The highest BCUT2D eigenvalue weighted by molar-refractivity contribution is 5.83. The highest BCUT2D eigenvalue weighted by Gasteiger charge is 2.19. The molecule has 0 amide bonds. The summed E-state index contributed by atoms with van der Waals surface area (Å²) in [5.74, 6) is -1.92. The second kappa shape index (κ2) is 4.52. The molecule has 1 aromatic carbocycles. The van der Waals surface area contributed by atoms with E-state index in [4.69, 9.17) is 5.11 Å². The summed E-state index contributed by atoms with van der Waals surface area (Å²) in [6, 6.07) is 3.76. The van der Waals surface area contributed by atoms with E-state index in [1.54, 1.807) is 0 Å². The Balaban J connectivity index is 3.27. The summed E-state index contributed by atoms with van der Waals surface area (Å²) < 4.78 is 0. The number of hydrogen-bond donors (Lipinski definition) is 1. The number of aliphatic carboxylic acids is 1. The molecule has 0 radical (unpaired) electrons. The lowest BCUT2D eigenvalue weighted by Gasteiger charge is -2.06. The first-order valence-corrected chi connectivity index (χ1v) is 4.43. The molecule has 0 aromatic heterocycles. The summed E-state index contributed by atoms with van der Waals surface area (Å²) >= 11 is 0. The van der Waals surface area contributed by atoms with Crippen molar-refractivity contribution in [3.8, 4) is 0 Å². The largest absolute Gasteiger partial charge is 0.481 e. The van der Waals surface area contributed by atoms with Crippen molar-refractivity contribution in [3.05, 3.63) is 39.4 Å². The van der Waals surface area contributed by atoms with E-state index in [-0.39, 0.29) is 11.3 Å². The fourth-order valence-electron chi connectivity index (χ4n) is 1.23. The Morgan fingerprint density at radius 1 is 1.56 bits per heavy atom. The van der Waals surface area contributed by atoms with E-state index in [1.807, 2.05) is 0 Å². The molecule has 0 saturated heterocycles. The summed E-state index contributed by atoms with van der Waals surface area (Å²) in [4.78, 5) is 31.1. The van der Waals surface area contributed by atoms with Crippen LogP contribution in [0.15, 0.2) is 18.2 Å². The average Bonchev–Trinajstić information content (AvgIpc) is 2.26. The first-order chi connectivity index (χ1) is 7.47. The number of carbonyl (C=O) groups excluding carboxylic acids is 1. The van der Waals surface area contributed by atoms with Gasteiger partial charge in [-0.1, -0.05) is 6.07 Å². The molecule has 1 aromatic rings. The van der Waals surface area contributed by atoms with E-state index in [2.05, 4.69) is 0 Å². The molecule has 6 nitrogen and oxygen atoms in total. The zero-order chi connectivity index (χ0) is 12.3. The van der Waals surface area contributed by atoms with Crippen molar-refractivity contribution in [2.24, 2.45) is 0 Å². The molecule has 0 aliphatic heterocycles. The Morgan fingerprint density at radius 2 is 2.19 bits per heavy atom. The highest BCUT2D eigenvalue weighted by atomic mass is 16.6. The van der Waals surface area contributed by atoms with Gasteiger partial charge in [0.2, 0.25) is 0 Å². The van der Waals surface area contributed by atoms with Crippen LogP contribution in [0, 0.1) is 10.1 Å². The topological polar surface area (TPSA) is 97.5 Å². The fraction of sp³-hybridized carbons (Fsp3) is 0.200. The summed E-state index contributed by atoms with van der Waals surface area (Å²) in [5.41, 5.74) is -0.142. The summed E-state index contributed by atoms with van der Waals surface area (Å²) in [5, 5.41) is 19.4. The summed E-state index contributed by atoms with van der Waals surface area (Å²) in [6.45, 7) is 1.42. The molecule has 0 heterocycles. The molecule has 0 aliphatic carbocycles. The smallest absolute Gasteiger partial charge is 0.310 e. The minimum Gasteiger partial charge on any atom is -0.481 e. The molecule has 0 fully saturated rings. The lowest BCUT2D eigenvalue weighted by Crippen LogP contribution is -2.08. The van der Waals surface area contributed by atoms with E-state index in [1.165, 1.54) is 19.1 Å². The quantitative estimate of drug-likeness (QED) is 0.475. The Bertz CT molecular complexity index is 455. The van der Waals surface area contributed by atoms with Crippen LogP contribution >= 0.6 is 0 Å². The van der Waals surface area contributed by atoms with Crippen LogP contribution < -0.4 is 0 Å². The molecular formula is C10H9NO5. The van der Waals surface area contributed by atoms with E-state index in [0.29, 0.717) is 11.8 Å². The summed E-state index contributed by atoms with van der Waals surface area (Å²) in [7, 11) is 0. The molecule has 0 aliphatic rings. The van der Waals surface area contributed by atoms with Crippen molar-refractivity contribution in [2.75, 3.05) is 0 Å². The fourth-order valence-corrected chi connectivity index (χ4v) is 1.23. The van der Waals surface area contributed by atoms with Gasteiger partial charge in [0.05, 0.1) is 16.4 Å². The van der Waals surface area contributed by atoms with Gasteiger partial charge in [0.25, 0.3) is 5.69 Å². The van der Waals surface area contributed by atoms with Crippen molar-refractivity contribution >= 4 is 17.9 Å². The molecular weight excluding hydrogens is 214 g/mol. The number of carboxylic acid groups (broad SMARTS) is 1. The number of rotatable bonds is 4. The molecule has 1 rings (SSSR count). The Kier molecular flexibility index (Phi) is 3.34. The van der Waals surface area contributed by atoms with E-state index in [0.717, 1.165) is 6.07 Å². The number of aldehydes is 1. The molecule has 1 N–H and O–H groups in total. The van der Waals surface area contributed by atoms with Gasteiger partial charge in [-0.15, -0.1) is 0 Å². The third-order valence-electron chi connectivity index (χ3n) is 2.25. The predicted octanol–water partition coefficient (Wildman–Crippen LogP) is 1.60. The van der Waals surface area contributed by atoms with Crippen molar-refractivity contribution < 1.29 is 19.6 Å². The normalized spacial score (nSPS) is 11.8. The van der Waals surface area contributed by atoms with Crippen molar-refractivity contribution in [3.63, 3.8) is 0 Å². The van der Waals surface area contributed by atoms with Crippen LogP contribution in [0.1, 0.15) is 28.8 Å². The lowest BCUT2D eigenvalue weighted by molar-refractivity contribution is -0.385. The second-order valence-corrected chi connectivity index (χ2v) is 3.25. The van der Waals surface area contributed by atoms with Crippen LogP contribution in [0.25, 0.3) is 0 Å². The summed E-state index contributed by atoms with van der Waals surface area (Å²) in [6.07, 6.45) is 0.368. The monoisotopic (exact) mass is 223 g/mol. The van der Waals surface area contributed by atoms with Crippen LogP contribution in [0.5, 0.6) is 0 Å². The average molecular weight is 223 g/mol. The van der Waals surface area contributed by atoms with Gasteiger partial charge in [-0.2, -0.15) is 0 Å². The SMILES string of the molecule is CC(C(=O)O)c1ccc(C=O)c([N+](=O)[O-])c1. The van der Waals surface area contributed by atoms with Gasteiger partial charge >= 0.3 is 5.97 Å². The van der Waals surface area contributed by atoms with Gasteiger partial charge in [-0.25, -0.2) is 0 Å². The van der Waals surface area contributed by atoms with Crippen molar-refractivity contribution in [1.29, 1.82) is 0 Å². The third kappa shape index (κ3) is 2.22. The molecule has 0 saturated carbocycles. The Morgan fingerprint density at radius 3 is 2.62 bits per heavy atom. The molecule has 1 unspecified atom stereocenters. The maximum absolute atomic E-state index is 10.7. The van der Waals surface area contributed by atoms with Crippen molar-refractivity contribution in [1.82, 2.24) is 0 Å². The van der Waals surface area contributed by atoms with Crippen LogP contribution in [0.3, 0.4) is 0 Å². The number of nitrogens with zero attached hydrogens (tertiary/aromatic N) is 1. The number of nitro benzene ring substituents is 1. The Labute approximate surface area is 90.7 Å². The molecule has 16 heavy (non-hydrogen) atoms. The van der Waals surface area contributed by atoms with Crippen LogP contribution in [-0.2, 0) is 4.79 Å². The van der Waals surface area contributed by atoms with E-state index < -0.39 is 16.8 Å². The zero-order valence-corrected chi connectivity index (χ0v) is 8.41. The lowest BCUT2D eigenvalue weighted by atomic mass is 9.99. The molecule has 84 valence electrons. The van der Waals surface area contributed by atoms with Crippen LogP contribution in [-0.4, -0.2) is 22.3 Å². The number of carboxylic acids is 1. The first kappa shape index (κ1) is 11.8. The van der Waals surface area contributed by atoms with E-state index in [9.17, 15) is 19.7 Å². The third-order valence-corrected chi connectivity index (χ3v) is 2.25. The number of hydrogen-bond acceptors (Lipinski definition) is 4. The number of nitro groups is 1. The minimum absolute atomic E-state index is 0.0636. The van der Waals surface area contributed by atoms with E-state index >= 15 is 0 Å². The molecule has 1 atom stereocenters. The Hall–Kier alpha value is -2.24. The predicted molar refractivity (Wildman–Crippen MR) is 54.5 cm³/mol. The van der Waals surface area contributed by atoms with Gasteiger partial charge < -0.3 is 5.11 Å². The minimum atomic E-state index is -1.08. The molecule has 6 heteroatoms. The maximum atomic E-state index is 10.7. The van der Waals surface area contributed by atoms with Gasteiger partial charge in [-0.05, 0) is 18.6 Å². The highest BCUT2D eigenvalue weighted by Crippen LogP contribution is 2.23. The van der Waals surface area contributed by atoms with Crippen LogP contribution in [0.2, 0.25) is 0 Å². The van der Waals surface area contributed by atoms with Gasteiger partial charge in [0.15, 0.2) is 6.29 Å². The second-order valence-electron chi connectivity index (χ2n) is 3.25. The zero-order valence-electron chi connectivity index (χ0n) is 8.41. The first-order valence-electron chi connectivity index (χ1n) is 4.43. The van der Waals surface area contributed by atoms with Crippen LogP contribution in [0.4, 0.5) is 5.69 Å². The van der Waals surface area contributed by atoms with Gasteiger partial charge in [0.1, 0.15) is 0 Å². The number of carbonyl (C=O) groups is 2. The standard InChI is InChI=1S/C10H9NO5/c1-6(10(13)14)7-2-3-8(5-12)9(4-7)11(15)16/h2-6H,1H3,(H,13,14). The number of benzene rings is 1.